The Morgan fingerprint density at radius 2 is 2.00 bits per heavy atom. The van der Waals surface area contributed by atoms with E-state index < -0.39 is 0 Å². The molecular weight excluding hydrogens is 356 g/mol. The molecule has 0 bridgehead atoms. The van der Waals surface area contributed by atoms with Crippen molar-refractivity contribution in [2.24, 2.45) is 0 Å². The second-order valence-electron chi connectivity index (χ2n) is 6.69. The number of nitrogens with zero attached hydrogens (tertiary/aromatic N) is 3. The Morgan fingerprint density at radius 3 is 2.75 bits per heavy atom. The molecule has 0 fully saturated rings. The van der Waals surface area contributed by atoms with Gasteiger partial charge in [0.2, 0.25) is 5.91 Å². The summed E-state index contributed by atoms with van der Waals surface area (Å²) in [4.78, 5) is 18.9. The summed E-state index contributed by atoms with van der Waals surface area (Å²) in [6, 6.07) is 9.36. The smallest absolute Gasteiger partial charge is 0.227 e. The maximum Gasteiger partial charge on any atom is 0.227 e. The van der Waals surface area contributed by atoms with Crippen LogP contribution in [0, 0.1) is 0 Å². The van der Waals surface area contributed by atoms with Crippen LogP contribution in [-0.4, -0.2) is 46.8 Å². The molecule has 144 valence electrons. The molecule has 3 aromatic rings. The quantitative estimate of drug-likeness (QED) is 0.738. The molecular formula is C21H22N4O3. The molecule has 1 aliphatic rings. The lowest BCUT2D eigenvalue weighted by molar-refractivity contribution is -0.131. The number of nitrogens with one attached hydrogen (secondary N) is 1. The van der Waals surface area contributed by atoms with E-state index in [4.69, 9.17) is 9.47 Å². The Morgan fingerprint density at radius 1 is 1.18 bits per heavy atom. The summed E-state index contributed by atoms with van der Waals surface area (Å²) in [7, 11) is 3.22. The first-order valence-corrected chi connectivity index (χ1v) is 9.14. The molecule has 1 aromatic carbocycles. The molecule has 0 atom stereocenters. The molecule has 0 saturated carbocycles. The lowest BCUT2D eigenvalue weighted by atomic mass is 10.0. The van der Waals surface area contributed by atoms with Crippen LogP contribution in [0.5, 0.6) is 11.5 Å². The van der Waals surface area contributed by atoms with Crippen molar-refractivity contribution in [3.05, 3.63) is 59.5 Å². The average Bonchev–Trinajstić information content (AvgIpc) is 3.17. The standard InChI is InChI=1S/C21H22N4O3/c1-27-16-3-4-19(28-2)15(11-16)12-20(26)25-10-7-18-17(13-25)21(24-23-18)14-5-8-22-9-6-14/h3-6,8-9,11H,7,10,12-13H2,1-2H3,(H,23,24). The summed E-state index contributed by atoms with van der Waals surface area (Å²) in [5, 5.41) is 7.59. The second kappa shape index (κ2) is 7.72. The van der Waals surface area contributed by atoms with Gasteiger partial charge >= 0.3 is 0 Å². The predicted molar refractivity (Wildman–Crippen MR) is 104 cm³/mol. The molecule has 0 unspecified atom stereocenters. The van der Waals surface area contributed by atoms with Crippen molar-refractivity contribution in [1.29, 1.82) is 0 Å². The van der Waals surface area contributed by atoms with E-state index in [1.807, 2.05) is 35.2 Å². The number of hydrogen-bond donors (Lipinski definition) is 1. The van der Waals surface area contributed by atoms with Crippen LogP contribution < -0.4 is 9.47 Å². The van der Waals surface area contributed by atoms with Gasteiger partial charge in [-0.05, 0) is 30.3 Å². The molecule has 2 aromatic heterocycles. The first-order valence-electron chi connectivity index (χ1n) is 9.14. The topological polar surface area (TPSA) is 80.3 Å². The fraction of sp³-hybridized carbons (Fsp3) is 0.286. The van der Waals surface area contributed by atoms with Crippen molar-refractivity contribution < 1.29 is 14.3 Å². The van der Waals surface area contributed by atoms with E-state index in [-0.39, 0.29) is 12.3 Å². The highest BCUT2D eigenvalue weighted by Crippen LogP contribution is 2.29. The van der Waals surface area contributed by atoms with E-state index in [1.165, 1.54) is 0 Å². The number of rotatable bonds is 5. The Labute approximate surface area is 163 Å². The third kappa shape index (κ3) is 3.43. The van der Waals surface area contributed by atoms with Gasteiger partial charge in [-0.3, -0.25) is 14.9 Å². The highest BCUT2D eigenvalue weighted by Gasteiger charge is 2.26. The largest absolute Gasteiger partial charge is 0.497 e. The zero-order valence-electron chi connectivity index (χ0n) is 15.9. The van der Waals surface area contributed by atoms with Gasteiger partial charge < -0.3 is 14.4 Å². The molecule has 0 spiro atoms. The number of amides is 1. The molecule has 0 aliphatic carbocycles. The van der Waals surface area contributed by atoms with E-state index in [1.54, 1.807) is 26.6 Å². The lowest BCUT2D eigenvalue weighted by Gasteiger charge is -2.27. The summed E-state index contributed by atoms with van der Waals surface area (Å²) in [5.41, 5.74) is 4.86. The number of ether oxygens (including phenoxy) is 2. The van der Waals surface area contributed by atoms with Gasteiger partial charge in [0, 0.05) is 54.3 Å². The Kier molecular flexibility index (Phi) is 4.97. The Balaban J connectivity index is 1.55. The van der Waals surface area contributed by atoms with E-state index in [0.717, 1.165) is 34.5 Å². The van der Waals surface area contributed by atoms with Crippen molar-refractivity contribution in [3.63, 3.8) is 0 Å². The summed E-state index contributed by atoms with van der Waals surface area (Å²) in [6.07, 6.45) is 4.51. The Hall–Kier alpha value is -3.35. The van der Waals surface area contributed by atoms with E-state index in [0.29, 0.717) is 24.6 Å². The fourth-order valence-electron chi connectivity index (χ4n) is 3.55. The normalized spacial score (nSPS) is 13.1. The Bertz CT molecular complexity index is 985. The van der Waals surface area contributed by atoms with Crippen LogP contribution >= 0.6 is 0 Å². The van der Waals surface area contributed by atoms with Gasteiger partial charge in [-0.25, -0.2) is 0 Å². The number of hydrogen-bond acceptors (Lipinski definition) is 5. The van der Waals surface area contributed by atoms with Crippen LogP contribution in [0.15, 0.2) is 42.7 Å². The number of pyridine rings is 1. The maximum atomic E-state index is 13.0. The molecule has 1 aliphatic heterocycles. The van der Waals surface area contributed by atoms with Gasteiger partial charge in [-0.15, -0.1) is 0 Å². The number of carbonyl (C=O) groups excluding carboxylic acids is 1. The lowest BCUT2D eigenvalue weighted by Crippen LogP contribution is -2.37. The summed E-state index contributed by atoms with van der Waals surface area (Å²) in [6.45, 7) is 1.20. The van der Waals surface area contributed by atoms with Gasteiger partial charge in [0.05, 0.1) is 26.3 Å². The molecule has 4 rings (SSSR count). The fourth-order valence-corrected chi connectivity index (χ4v) is 3.55. The predicted octanol–water partition coefficient (Wildman–Crippen LogP) is 2.62. The third-order valence-electron chi connectivity index (χ3n) is 5.07. The molecule has 7 heteroatoms. The van der Waals surface area contributed by atoms with E-state index in [9.17, 15) is 4.79 Å². The number of fused-ring (bicyclic) bond motifs is 1. The molecule has 0 radical (unpaired) electrons. The first kappa shape index (κ1) is 18.0. The van der Waals surface area contributed by atoms with Crippen LogP contribution in [0.25, 0.3) is 11.3 Å². The zero-order valence-corrected chi connectivity index (χ0v) is 15.9. The summed E-state index contributed by atoms with van der Waals surface area (Å²) in [5.74, 6) is 1.45. The minimum Gasteiger partial charge on any atom is -0.497 e. The zero-order chi connectivity index (χ0) is 19.5. The molecule has 1 N–H and O–H groups in total. The maximum absolute atomic E-state index is 13.0. The van der Waals surface area contributed by atoms with Gasteiger partial charge in [-0.1, -0.05) is 0 Å². The number of aromatic amines is 1. The van der Waals surface area contributed by atoms with Crippen LogP contribution in [0.2, 0.25) is 0 Å². The third-order valence-corrected chi connectivity index (χ3v) is 5.07. The van der Waals surface area contributed by atoms with Crippen molar-refractivity contribution in [3.8, 4) is 22.8 Å². The molecule has 1 amide bonds. The van der Waals surface area contributed by atoms with Crippen LogP contribution in [0.1, 0.15) is 16.8 Å². The van der Waals surface area contributed by atoms with Gasteiger partial charge in [0.15, 0.2) is 0 Å². The second-order valence-corrected chi connectivity index (χ2v) is 6.69. The molecule has 28 heavy (non-hydrogen) atoms. The van der Waals surface area contributed by atoms with Gasteiger partial charge in [-0.2, -0.15) is 5.10 Å². The van der Waals surface area contributed by atoms with Crippen LogP contribution in [0.3, 0.4) is 0 Å². The number of methoxy groups -OCH3 is 2. The monoisotopic (exact) mass is 378 g/mol. The summed E-state index contributed by atoms with van der Waals surface area (Å²) >= 11 is 0. The number of carbonyl (C=O) groups is 1. The van der Waals surface area contributed by atoms with Crippen molar-refractivity contribution in [2.75, 3.05) is 20.8 Å². The van der Waals surface area contributed by atoms with Crippen molar-refractivity contribution >= 4 is 5.91 Å². The van der Waals surface area contributed by atoms with Crippen molar-refractivity contribution in [2.45, 2.75) is 19.4 Å². The highest BCUT2D eigenvalue weighted by molar-refractivity contribution is 5.80. The average molecular weight is 378 g/mol. The number of H-pyrrole nitrogens is 1. The minimum absolute atomic E-state index is 0.0547. The van der Waals surface area contributed by atoms with Crippen LogP contribution in [-0.2, 0) is 24.2 Å². The number of benzene rings is 1. The highest BCUT2D eigenvalue weighted by atomic mass is 16.5. The molecule has 3 heterocycles. The van der Waals surface area contributed by atoms with Crippen LogP contribution in [0.4, 0.5) is 0 Å². The SMILES string of the molecule is COc1ccc(OC)c(CC(=O)N2CCc3[nH]nc(-c4ccncc4)c3C2)c1. The van der Waals surface area contributed by atoms with Gasteiger partial charge in [0.1, 0.15) is 11.5 Å². The first-order chi connectivity index (χ1) is 13.7. The van der Waals surface area contributed by atoms with Crippen molar-refractivity contribution in [1.82, 2.24) is 20.1 Å². The van der Waals surface area contributed by atoms with E-state index in [2.05, 4.69) is 15.2 Å². The molecule has 0 saturated heterocycles. The molecule has 7 nitrogen and oxygen atoms in total. The number of aromatic nitrogens is 3. The van der Waals surface area contributed by atoms with E-state index >= 15 is 0 Å². The van der Waals surface area contributed by atoms with Gasteiger partial charge in [0.25, 0.3) is 0 Å². The summed E-state index contributed by atoms with van der Waals surface area (Å²) < 4.78 is 10.7. The minimum atomic E-state index is 0.0547.